The first-order chi connectivity index (χ1) is 12.5. The Labute approximate surface area is 150 Å². The van der Waals surface area contributed by atoms with E-state index in [9.17, 15) is 8.78 Å². The largest absolute Gasteiger partial charge is 0.383 e. The average molecular weight is 366 g/mol. The van der Waals surface area contributed by atoms with Crippen molar-refractivity contribution in [1.29, 1.82) is 0 Å². The molecule has 142 valence electrons. The van der Waals surface area contributed by atoms with Crippen LogP contribution in [-0.2, 0) is 4.74 Å². The fraction of sp³-hybridized carbons (Fsp3) is 0.647. The summed E-state index contributed by atoms with van der Waals surface area (Å²) in [6, 6.07) is 1.87. The third kappa shape index (κ3) is 3.26. The summed E-state index contributed by atoms with van der Waals surface area (Å²) in [5.41, 5.74) is 12.4. The first-order valence-electron chi connectivity index (χ1n) is 9.01. The van der Waals surface area contributed by atoms with Crippen LogP contribution < -0.4 is 11.5 Å². The quantitative estimate of drug-likeness (QED) is 0.856. The molecule has 0 aliphatic carbocycles. The van der Waals surface area contributed by atoms with Gasteiger partial charge in [0.1, 0.15) is 24.0 Å². The molecule has 3 unspecified atom stereocenters. The van der Waals surface area contributed by atoms with Crippen molar-refractivity contribution in [1.82, 2.24) is 19.4 Å². The van der Waals surface area contributed by atoms with Gasteiger partial charge >= 0.3 is 0 Å². The minimum Gasteiger partial charge on any atom is -0.383 e. The third-order valence-electron chi connectivity index (χ3n) is 5.44. The number of rotatable bonds is 4. The Morgan fingerprint density at radius 3 is 2.92 bits per heavy atom. The first kappa shape index (κ1) is 17.6. The number of nitrogen functional groups attached to an aromatic ring is 1. The summed E-state index contributed by atoms with van der Waals surface area (Å²) in [6.07, 6.45) is 5.00. The maximum atomic E-state index is 13.8. The second-order valence-corrected chi connectivity index (χ2v) is 7.22. The average Bonchev–Trinajstić information content (AvgIpc) is 3.22. The molecule has 7 nitrogen and oxygen atoms in total. The Kier molecular flexibility index (Phi) is 4.54. The van der Waals surface area contributed by atoms with Gasteiger partial charge < -0.3 is 20.8 Å². The highest BCUT2D eigenvalue weighted by Crippen LogP contribution is 2.35. The number of halogens is 2. The number of nitrogens with zero attached hydrogens (tertiary/aromatic N) is 4. The summed E-state index contributed by atoms with van der Waals surface area (Å²) in [4.78, 5) is 10.1. The second-order valence-electron chi connectivity index (χ2n) is 7.22. The molecule has 26 heavy (non-hydrogen) atoms. The number of anilines is 1. The molecular formula is C17H24F2N6O. The van der Waals surface area contributed by atoms with Crippen molar-refractivity contribution in [2.24, 2.45) is 5.73 Å². The molecule has 2 saturated heterocycles. The minimum atomic E-state index is -2.64. The van der Waals surface area contributed by atoms with E-state index in [0.717, 1.165) is 23.9 Å². The van der Waals surface area contributed by atoms with E-state index in [1.807, 2.05) is 16.8 Å². The van der Waals surface area contributed by atoms with Crippen molar-refractivity contribution in [2.45, 2.75) is 50.0 Å². The normalized spacial score (nSPS) is 29.4. The number of ether oxygens (including phenoxy) is 1. The molecule has 4 rings (SSSR count). The third-order valence-corrected chi connectivity index (χ3v) is 5.44. The van der Waals surface area contributed by atoms with Gasteiger partial charge in [-0.1, -0.05) is 0 Å². The van der Waals surface area contributed by atoms with Crippen molar-refractivity contribution >= 4 is 16.9 Å². The molecule has 2 fully saturated rings. The number of alkyl halides is 2. The molecule has 2 aromatic heterocycles. The van der Waals surface area contributed by atoms with E-state index in [2.05, 4.69) is 9.97 Å². The molecule has 0 saturated carbocycles. The molecule has 0 radical (unpaired) electrons. The highest BCUT2D eigenvalue weighted by molar-refractivity contribution is 5.86. The lowest BCUT2D eigenvalue weighted by Gasteiger charge is -2.40. The lowest BCUT2D eigenvalue weighted by molar-refractivity contribution is -0.0970. The maximum absolute atomic E-state index is 13.8. The van der Waals surface area contributed by atoms with Gasteiger partial charge in [-0.05, 0) is 25.3 Å². The molecule has 4 heterocycles. The van der Waals surface area contributed by atoms with E-state index in [-0.39, 0.29) is 31.3 Å². The van der Waals surface area contributed by atoms with Crippen LogP contribution in [0.15, 0.2) is 18.6 Å². The van der Waals surface area contributed by atoms with Gasteiger partial charge in [0.25, 0.3) is 5.92 Å². The SMILES string of the molecule is NCC1CCC(F)(F)CN1CC1CCC(n2ccc3c(N)ncnc32)O1. The molecule has 2 aliphatic rings. The van der Waals surface area contributed by atoms with E-state index >= 15 is 0 Å². The molecule has 2 aliphatic heterocycles. The Balaban J connectivity index is 1.45. The Morgan fingerprint density at radius 1 is 1.27 bits per heavy atom. The number of hydrogen-bond donors (Lipinski definition) is 2. The monoisotopic (exact) mass is 366 g/mol. The summed E-state index contributed by atoms with van der Waals surface area (Å²) >= 11 is 0. The van der Waals surface area contributed by atoms with Crippen molar-refractivity contribution < 1.29 is 13.5 Å². The van der Waals surface area contributed by atoms with Crippen LogP contribution in [0.1, 0.15) is 31.9 Å². The van der Waals surface area contributed by atoms with Crippen LogP contribution in [0, 0.1) is 0 Å². The van der Waals surface area contributed by atoms with Gasteiger partial charge in [-0.25, -0.2) is 18.7 Å². The van der Waals surface area contributed by atoms with Gasteiger partial charge in [0.05, 0.1) is 18.0 Å². The van der Waals surface area contributed by atoms with Crippen LogP contribution in [-0.4, -0.2) is 57.1 Å². The zero-order chi connectivity index (χ0) is 18.3. The Morgan fingerprint density at radius 2 is 2.12 bits per heavy atom. The Hall–Kier alpha value is -1.84. The highest BCUT2D eigenvalue weighted by atomic mass is 19.3. The van der Waals surface area contributed by atoms with E-state index in [1.54, 1.807) is 4.90 Å². The highest BCUT2D eigenvalue weighted by Gasteiger charge is 2.41. The van der Waals surface area contributed by atoms with Crippen LogP contribution in [0.25, 0.3) is 11.0 Å². The maximum Gasteiger partial charge on any atom is 0.260 e. The number of aromatic nitrogens is 3. The minimum absolute atomic E-state index is 0.00257. The van der Waals surface area contributed by atoms with Crippen LogP contribution in [0.4, 0.5) is 14.6 Å². The van der Waals surface area contributed by atoms with Crippen molar-refractivity contribution in [3.8, 4) is 0 Å². The molecule has 0 spiro atoms. The molecule has 2 aromatic rings. The molecule has 3 atom stereocenters. The van der Waals surface area contributed by atoms with Crippen LogP contribution in [0.2, 0.25) is 0 Å². The summed E-state index contributed by atoms with van der Waals surface area (Å²) < 4.78 is 35.7. The zero-order valence-electron chi connectivity index (χ0n) is 14.5. The van der Waals surface area contributed by atoms with Gasteiger partial charge in [0.15, 0.2) is 0 Å². The van der Waals surface area contributed by atoms with Crippen LogP contribution in [0.5, 0.6) is 0 Å². The fourth-order valence-corrected chi connectivity index (χ4v) is 4.06. The number of likely N-dealkylation sites (tertiary alicyclic amines) is 1. The summed E-state index contributed by atoms with van der Waals surface area (Å²) in [5.74, 6) is -2.21. The summed E-state index contributed by atoms with van der Waals surface area (Å²) in [7, 11) is 0. The lowest BCUT2D eigenvalue weighted by atomic mass is 9.98. The fourth-order valence-electron chi connectivity index (χ4n) is 4.06. The van der Waals surface area contributed by atoms with Gasteiger partial charge in [-0.15, -0.1) is 0 Å². The van der Waals surface area contributed by atoms with Gasteiger partial charge in [-0.3, -0.25) is 4.90 Å². The van der Waals surface area contributed by atoms with E-state index in [4.69, 9.17) is 16.2 Å². The number of hydrogen-bond acceptors (Lipinski definition) is 6. The van der Waals surface area contributed by atoms with Crippen LogP contribution >= 0.6 is 0 Å². The Bertz CT molecular complexity index is 782. The zero-order valence-corrected chi connectivity index (χ0v) is 14.5. The molecule has 0 aromatic carbocycles. The van der Waals surface area contributed by atoms with E-state index < -0.39 is 5.92 Å². The second kappa shape index (κ2) is 6.71. The molecule has 0 amide bonds. The van der Waals surface area contributed by atoms with E-state index in [1.165, 1.54) is 6.33 Å². The topological polar surface area (TPSA) is 95.2 Å². The first-order valence-corrected chi connectivity index (χ1v) is 9.01. The molecule has 4 N–H and O–H groups in total. The number of fused-ring (bicyclic) bond motifs is 1. The van der Waals surface area contributed by atoms with Gasteiger partial charge in [0.2, 0.25) is 0 Å². The van der Waals surface area contributed by atoms with Crippen molar-refractivity contribution in [3.63, 3.8) is 0 Å². The smallest absolute Gasteiger partial charge is 0.260 e. The number of piperidine rings is 1. The van der Waals surface area contributed by atoms with Crippen molar-refractivity contribution in [3.05, 3.63) is 18.6 Å². The molecule has 9 heteroatoms. The summed E-state index contributed by atoms with van der Waals surface area (Å²) in [6.45, 7) is 0.630. The molecular weight excluding hydrogens is 342 g/mol. The molecule has 0 bridgehead atoms. The van der Waals surface area contributed by atoms with E-state index in [0.29, 0.717) is 25.3 Å². The predicted molar refractivity (Wildman–Crippen MR) is 93.7 cm³/mol. The van der Waals surface area contributed by atoms with Crippen LogP contribution in [0.3, 0.4) is 0 Å². The van der Waals surface area contributed by atoms with Gasteiger partial charge in [-0.2, -0.15) is 0 Å². The summed E-state index contributed by atoms with van der Waals surface area (Å²) in [5, 5.41) is 0.790. The van der Waals surface area contributed by atoms with Crippen molar-refractivity contribution in [2.75, 3.05) is 25.4 Å². The lowest BCUT2D eigenvalue weighted by Crippen LogP contribution is -2.53. The standard InChI is InChI=1S/C17H24F2N6O/c18-17(19)5-3-11(7-20)24(9-17)8-12-1-2-14(26-12)25-6-4-13-15(21)22-10-23-16(13)25/h4,6,10-12,14H,1-3,5,7-9,20H2,(H2,21,22,23). The van der Waals surface area contributed by atoms with Gasteiger partial charge in [0, 0.05) is 31.7 Å². The number of nitrogens with two attached hydrogens (primary N) is 2. The predicted octanol–water partition coefficient (Wildman–Crippen LogP) is 1.75.